The first-order valence-corrected chi connectivity index (χ1v) is 4.35. The molecule has 0 unspecified atom stereocenters. The van der Waals surface area contributed by atoms with E-state index < -0.39 is 26.5 Å². The van der Waals surface area contributed by atoms with E-state index in [1.807, 2.05) is 0 Å². The minimum Gasteiger partial charge on any atom is -0.504 e. The molecule has 1 aromatic rings. The minimum absolute atomic E-state index is 0. The molecule has 0 spiro atoms. The van der Waals surface area contributed by atoms with E-state index in [0.29, 0.717) is 0 Å². The summed E-state index contributed by atoms with van der Waals surface area (Å²) in [4.78, 5) is -0.706. The van der Waals surface area contributed by atoms with Gasteiger partial charge < -0.3 is 10.2 Å². The summed E-state index contributed by atoms with van der Waals surface area (Å²) in [6.07, 6.45) is 0. The summed E-state index contributed by atoms with van der Waals surface area (Å²) in [7, 11) is -4.47. The Labute approximate surface area is 89.0 Å². The molecule has 0 heterocycles. The molecule has 0 aliphatic heterocycles. The molecule has 0 saturated carbocycles. The molecule has 0 radical (unpaired) electrons. The largest absolute Gasteiger partial charge is 0.504 e. The van der Waals surface area contributed by atoms with Crippen molar-refractivity contribution < 1.29 is 44.2 Å². The van der Waals surface area contributed by atoms with Crippen LogP contribution in [0.5, 0.6) is 11.5 Å². The van der Waals surface area contributed by atoms with Gasteiger partial charge in [-0.25, -0.2) is 0 Å². The first-order valence-electron chi connectivity index (χ1n) is 2.91. The van der Waals surface area contributed by atoms with Gasteiger partial charge in [0.25, 0.3) is 10.1 Å². The van der Waals surface area contributed by atoms with Crippen LogP contribution in [0.25, 0.3) is 0 Å². The summed E-state index contributed by atoms with van der Waals surface area (Å²) >= 11 is 0. The Morgan fingerprint density at radius 3 is 2.08 bits per heavy atom. The standard InChI is InChI=1S/C6H6O5S.Mo/c7-4-2-1-3-5(6(4)8)12(9,10)11;/h1-3,7-8H,(H,9,10,11);. The molecular weight excluding hydrogens is 280 g/mol. The smallest absolute Gasteiger partial charge is 0.298 e. The molecule has 0 fully saturated rings. The summed E-state index contributed by atoms with van der Waals surface area (Å²) in [5.41, 5.74) is 0. The van der Waals surface area contributed by atoms with Crippen molar-refractivity contribution in [1.29, 1.82) is 0 Å². The molecule has 0 saturated heterocycles. The van der Waals surface area contributed by atoms with E-state index in [-0.39, 0.29) is 21.1 Å². The average Bonchev–Trinajstić information content (AvgIpc) is 1.92. The maximum atomic E-state index is 10.5. The Bertz CT molecular complexity index is 399. The Kier molecular flexibility index (Phi) is 3.90. The van der Waals surface area contributed by atoms with Gasteiger partial charge in [0.1, 0.15) is 4.90 Å². The van der Waals surface area contributed by atoms with Gasteiger partial charge in [0, 0.05) is 21.1 Å². The van der Waals surface area contributed by atoms with Crippen molar-refractivity contribution in [3.63, 3.8) is 0 Å². The molecule has 0 bridgehead atoms. The van der Waals surface area contributed by atoms with Gasteiger partial charge in [-0.1, -0.05) is 6.07 Å². The van der Waals surface area contributed by atoms with Crippen LogP contribution in [0.15, 0.2) is 23.1 Å². The van der Waals surface area contributed by atoms with Crippen LogP contribution >= 0.6 is 0 Å². The van der Waals surface area contributed by atoms with Gasteiger partial charge in [-0.15, -0.1) is 0 Å². The van der Waals surface area contributed by atoms with Gasteiger partial charge in [-0.05, 0) is 12.1 Å². The second-order valence-corrected chi connectivity index (χ2v) is 3.49. The topological polar surface area (TPSA) is 94.8 Å². The molecule has 0 amide bonds. The zero-order valence-electron chi connectivity index (χ0n) is 6.21. The Morgan fingerprint density at radius 2 is 1.69 bits per heavy atom. The maximum absolute atomic E-state index is 10.5. The summed E-state index contributed by atoms with van der Waals surface area (Å²) < 4.78 is 29.5. The van der Waals surface area contributed by atoms with Crippen LogP contribution in [0.3, 0.4) is 0 Å². The normalized spacial score (nSPS) is 10.5. The van der Waals surface area contributed by atoms with E-state index in [4.69, 9.17) is 14.8 Å². The van der Waals surface area contributed by atoms with E-state index in [2.05, 4.69) is 0 Å². The second-order valence-electron chi connectivity index (χ2n) is 2.10. The van der Waals surface area contributed by atoms with Crippen molar-refractivity contribution >= 4 is 10.1 Å². The SMILES string of the molecule is O=S(=O)(O)c1cccc(O)c1O.[Mo]. The molecule has 0 atom stereocenters. The molecule has 0 aliphatic rings. The fourth-order valence-corrected chi connectivity index (χ4v) is 1.32. The minimum atomic E-state index is -4.47. The third kappa shape index (κ3) is 2.69. The van der Waals surface area contributed by atoms with Crippen LogP contribution < -0.4 is 0 Å². The average molecular weight is 286 g/mol. The summed E-state index contributed by atoms with van der Waals surface area (Å²) in [5.74, 6) is -1.44. The molecule has 1 rings (SSSR count). The number of rotatable bonds is 1. The van der Waals surface area contributed by atoms with Crippen LogP contribution in [-0.4, -0.2) is 23.2 Å². The van der Waals surface area contributed by atoms with Crippen molar-refractivity contribution in [3.05, 3.63) is 18.2 Å². The fraction of sp³-hybridized carbons (Fsp3) is 0. The summed E-state index contributed by atoms with van der Waals surface area (Å²) in [5, 5.41) is 17.8. The first-order chi connectivity index (χ1) is 5.43. The zero-order valence-corrected chi connectivity index (χ0v) is 9.03. The number of hydrogen-bond acceptors (Lipinski definition) is 4. The molecule has 7 heteroatoms. The van der Waals surface area contributed by atoms with Gasteiger partial charge in [-0.3, -0.25) is 4.55 Å². The van der Waals surface area contributed by atoms with E-state index in [0.717, 1.165) is 12.1 Å². The van der Waals surface area contributed by atoms with Crippen LogP contribution in [-0.2, 0) is 31.2 Å². The number of benzene rings is 1. The Balaban J connectivity index is 0.00000144. The molecule has 0 aliphatic carbocycles. The van der Waals surface area contributed by atoms with Crippen molar-refractivity contribution in [1.82, 2.24) is 0 Å². The first kappa shape index (κ1) is 12.4. The van der Waals surface area contributed by atoms with E-state index in [1.54, 1.807) is 0 Å². The van der Waals surface area contributed by atoms with Crippen LogP contribution in [0.2, 0.25) is 0 Å². The molecular formula is C6H6MoO5S. The van der Waals surface area contributed by atoms with Gasteiger partial charge in [-0.2, -0.15) is 8.42 Å². The van der Waals surface area contributed by atoms with Crippen molar-refractivity contribution in [3.8, 4) is 11.5 Å². The predicted molar refractivity (Wildman–Crippen MR) is 39.6 cm³/mol. The van der Waals surface area contributed by atoms with E-state index in [9.17, 15) is 8.42 Å². The fourth-order valence-electron chi connectivity index (χ4n) is 0.719. The third-order valence-electron chi connectivity index (χ3n) is 1.26. The van der Waals surface area contributed by atoms with Crippen LogP contribution in [0.4, 0.5) is 0 Å². The van der Waals surface area contributed by atoms with Gasteiger partial charge >= 0.3 is 0 Å². The summed E-state index contributed by atoms with van der Waals surface area (Å²) in [6.45, 7) is 0. The number of hydrogen-bond donors (Lipinski definition) is 3. The molecule has 0 aromatic heterocycles. The quantitative estimate of drug-likeness (QED) is 0.393. The van der Waals surface area contributed by atoms with Crippen molar-refractivity contribution in [2.75, 3.05) is 0 Å². The van der Waals surface area contributed by atoms with Crippen LogP contribution in [0, 0.1) is 0 Å². The Morgan fingerprint density at radius 1 is 1.15 bits per heavy atom. The molecule has 13 heavy (non-hydrogen) atoms. The van der Waals surface area contributed by atoms with Crippen LogP contribution in [0.1, 0.15) is 0 Å². The van der Waals surface area contributed by atoms with Gasteiger partial charge in [0.15, 0.2) is 11.5 Å². The van der Waals surface area contributed by atoms with Gasteiger partial charge in [0.05, 0.1) is 0 Å². The zero-order chi connectivity index (χ0) is 9.35. The number of aromatic hydroxyl groups is 2. The predicted octanol–water partition coefficient (Wildman–Crippen LogP) is 0.342. The molecule has 1 aromatic carbocycles. The maximum Gasteiger partial charge on any atom is 0.298 e. The van der Waals surface area contributed by atoms with Gasteiger partial charge in [0.2, 0.25) is 0 Å². The Hall–Kier alpha value is -0.582. The van der Waals surface area contributed by atoms with E-state index in [1.165, 1.54) is 6.07 Å². The van der Waals surface area contributed by atoms with E-state index >= 15 is 0 Å². The molecule has 5 nitrogen and oxygen atoms in total. The third-order valence-corrected chi connectivity index (χ3v) is 2.14. The number of para-hydroxylation sites is 1. The number of phenols is 2. The monoisotopic (exact) mass is 288 g/mol. The van der Waals surface area contributed by atoms with Crippen molar-refractivity contribution in [2.24, 2.45) is 0 Å². The van der Waals surface area contributed by atoms with Crippen molar-refractivity contribution in [2.45, 2.75) is 4.90 Å². The molecule has 3 N–H and O–H groups in total. The number of phenolic OH excluding ortho intramolecular Hbond substituents is 2. The molecule has 72 valence electrons. The second kappa shape index (κ2) is 4.08. The summed E-state index contributed by atoms with van der Waals surface area (Å²) in [6, 6.07) is 3.27.